The SMILES string of the molecule is Cn1c(SCC(=O)N(c2ccccc2)[C@H](C(=O)NC2CCCC2)c2ccccc2)nnc1-c1ccccc1. The van der Waals surface area contributed by atoms with Crippen LogP contribution in [0.3, 0.4) is 0 Å². The van der Waals surface area contributed by atoms with Crippen LogP contribution in [0.4, 0.5) is 5.69 Å². The molecule has 0 aliphatic heterocycles. The highest BCUT2D eigenvalue weighted by molar-refractivity contribution is 7.99. The highest BCUT2D eigenvalue weighted by Gasteiger charge is 2.34. The first kappa shape index (κ1) is 25.7. The maximum Gasteiger partial charge on any atom is 0.248 e. The monoisotopic (exact) mass is 525 g/mol. The van der Waals surface area contributed by atoms with E-state index >= 15 is 0 Å². The van der Waals surface area contributed by atoms with E-state index in [1.165, 1.54) is 11.8 Å². The molecule has 1 atom stereocenters. The Kier molecular flexibility index (Phi) is 8.19. The van der Waals surface area contributed by atoms with E-state index in [0.717, 1.165) is 42.6 Å². The predicted molar refractivity (Wildman–Crippen MR) is 151 cm³/mol. The van der Waals surface area contributed by atoms with E-state index < -0.39 is 6.04 Å². The second-order valence-corrected chi connectivity index (χ2v) is 10.4. The Labute approximate surface area is 227 Å². The van der Waals surface area contributed by atoms with Gasteiger partial charge in [0.05, 0.1) is 5.75 Å². The van der Waals surface area contributed by atoms with Crippen LogP contribution >= 0.6 is 11.8 Å². The molecule has 0 spiro atoms. The van der Waals surface area contributed by atoms with Gasteiger partial charge in [0.2, 0.25) is 11.8 Å². The molecule has 0 bridgehead atoms. The summed E-state index contributed by atoms with van der Waals surface area (Å²) in [7, 11) is 1.89. The van der Waals surface area contributed by atoms with Crippen LogP contribution in [0.1, 0.15) is 37.3 Å². The molecule has 1 aliphatic carbocycles. The number of aromatic nitrogens is 3. The summed E-state index contributed by atoms with van der Waals surface area (Å²) in [6.07, 6.45) is 4.17. The molecule has 194 valence electrons. The number of carbonyl (C=O) groups excluding carboxylic acids is 2. The normalized spacial score (nSPS) is 14.2. The van der Waals surface area contributed by atoms with Crippen molar-refractivity contribution >= 4 is 29.3 Å². The molecule has 1 aliphatic rings. The van der Waals surface area contributed by atoms with Crippen molar-refractivity contribution in [2.75, 3.05) is 10.7 Å². The van der Waals surface area contributed by atoms with E-state index in [-0.39, 0.29) is 23.6 Å². The largest absolute Gasteiger partial charge is 0.351 e. The lowest BCUT2D eigenvalue weighted by atomic mass is 10.0. The van der Waals surface area contributed by atoms with Crippen LogP contribution in [0.2, 0.25) is 0 Å². The van der Waals surface area contributed by atoms with Gasteiger partial charge >= 0.3 is 0 Å². The van der Waals surface area contributed by atoms with Crippen molar-refractivity contribution in [3.8, 4) is 11.4 Å². The summed E-state index contributed by atoms with van der Waals surface area (Å²) < 4.78 is 1.89. The summed E-state index contributed by atoms with van der Waals surface area (Å²) in [5.74, 6) is 0.505. The second-order valence-electron chi connectivity index (χ2n) is 9.42. The van der Waals surface area contributed by atoms with Gasteiger partial charge < -0.3 is 9.88 Å². The molecule has 8 heteroatoms. The van der Waals surface area contributed by atoms with Crippen LogP contribution in [-0.2, 0) is 16.6 Å². The number of anilines is 1. The summed E-state index contributed by atoms with van der Waals surface area (Å²) in [5, 5.41) is 12.5. The standard InChI is InChI=1S/C30H31N5O2S/c1-34-28(23-15-7-3-8-16-23)32-33-30(34)38-21-26(36)35(25-19-9-4-10-20-25)27(22-13-5-2-6-14-22)29(37)31-24-17-11-12-18-24/h2-10,13-16,19-20,24,27H,11-12,17-18,21H2,1H3,(H,31,37)/t27-/m0/s1. The van der Waals surface area contributed by atoms with Crippen molar-refractivity contribution < 1.29 is 9.59 Å². The van der Waals surface area contributed by atoms with Crippen LogP contribution in [0.15, 0.2) is 96.2 Å². The quantitative estimate of drug-likeness (QED) is 0.296. The smallest absolute Gasteiger partial charge is 0.248 e. The van der Waals surface area contributed by atoms with Gasteiger partial charge in [-0.15, -0.1) is 10.2 Å². The fourth-order valence-corrected chi connectivity index (χ4v) is 5.67. The van der Waals surface area contributed by atoms with Crippen molar-refractivity contribution in [2.24, 2.45) is 7.05 Å². The van der Waals surface area contributed by atoms with E-state index in [1.807, 2.05) is 103 Å². The highest BCUT2D eigenvalue weighted by atomic mass is 32.2. The number of para-hydroxylation sites is 1. The number of carbonyl (C=O) groups is 2. The number of hydrogen-bond acceptors (Lipinski definition) is 5. The number of nitrogens with one attached hydrogen (secondary N) is 1. The number of hydrogen-bond donors (Lipinski definition) is 1. The van der Waals surface area contributed by atoms with Gasteiger partial charge in [0.1, 0.15) is 6.04 Å². The van der Waals surface area contributed by atoms with Gasteiger partial charge in [-0.3, -0.25) is 14.5 Å². The Morgan fingerprint density at radius 2 is 1.53 bits per heavy atom. The zero-order chi connectivity index (χ0) is 26.3. The number of benzene rings is 3. The number of nitrogens with zero attached hydrogens (tertiary/aromatic N) is 4. The summed E-state index contributed by atoms with van der Waals surface area (Å²) in [6, 6.07) is 28.1. The Morgan fingerprint density at radius 1 is 0.921 bits per heavy atom. The Balaban J connectivity index is 1.43. The number of thioether (sulfide) groups is 1. The maximum atomic E-state index is 13.9. The molecule has 38 heavy (non-hydrogen) atoms. The fourth-order valence-electron chi connectivity index (χ4n) is 4.90. The molecule has 4 aromatic rings. The molecular weight excluding hydrogens is 494 g/mol. The number of rotatable bonds is 9. The van der Waals surface area contributed by atoms with Gasteiger partial charge in [0.25, 0.3) is 0 Å². The van der Waals surface area contributed by atoms with Gasteiger partial charge in [-0.2, -0.15) is 0 Å². The fraction of sp³-hybridized carbons (Fsp3) is 0.267. The molecule has 3 aromatic carbocycles. The van der Waals surface area contributed by atoms with Gasteiger partial charge in [-0.05, 0) is 30.5 Å². The molecule has 2 amide bonds. The average molecular weight is 526 g/mol. The van der Waals surface area contributed by atoms with Gasteiger partial charge in [-0.25, -0.2) is 0 Å². The van der Waals surface area contributed by atoms with E-state index in [1.54, 1.807) is 4.90 Å². The Hall–Kier alpha value is -3.91. The lowest BCUT2D eigenvalue weighted by Crippen LogP contribution is -2.47. The van der Waals surface area contributed by atoms with E-state index in [9.17, 15) is 9.59 Å². The predicted octanol–water partition coefficient (Wildman–Crippen LogP) is 5.41. The lowest BCUT2D eigenvalue weighted by Gasteiger charge is -2.32. The van der Waals surface area contributed by atoms with Crippen molar-refractivity contribution in [2.45, 2.75) is 42.9 Å². The first-order valence-electron chi connectivity index (χ1n) is 12.9. The molecule has 0 unspecified atom stereocenters. The van der Waals surface area contributed by atoms with Crippen LogP contribution in [0.5, 0.6) is 0 Å². The molecule has 5 rings (SSSR count). The molecule has 1 fully saturated rings. The second kappa shape index (κ2) is 12.1. The minimum Gasteiger partial charge on any atom is -0.351 e. The first-order valence-corrected chi connectivity index (χ1v) is 13.9. The Bertz CT molecular complexity index is 1360. The molecule has 0 radical (unpaired) electrons. The van der Waals surface area contributed by atoms with E-state index in [4.69, 9.17) is 0 Å². The zero-order valence-electron chi connectivity index (χ0n) is 21.4. The van der Waals surface area contributed by atoms with Crippen LogP contribution < -0.4 is 10.2 Å². The summed E-state index contributed by atoms with van der Waals surface area (Å²) >= 11 is 1.32. The first-order chi connectivity index (χ1) is 18.6. The number of amides is 2. The minimum absolute atomic E-state index is 0.107. The lowest BCUT2D eigenvalue weighted by molar-refractivity contribution is -0.126. The zero-order valence-corrected chi connectivity index (χ0v) is 22.2. The van der Waals surface area contributed by atoms with Gasteiger partial charge in [0.15, 0.2) is 11.0 Å². The van der Waals surface area contributed by atoms with Crippen molar-refractivity contribution in [1.29, 1.82) is 0 Å². The van der Waals surface area contributed by atoms with E-state index in [0.29, 0.717) is 10.8 Å². The van der Waals surface area contributed by atoms with Crippen LogP contribution in [0, 0.1) is 0 Å². The molecule has 1 heterocycles. The topological polar surface area (TPSA) is 80.1 Å². The van der Waals surface area contributed by atoms with Crippen molar-refractivity contribution in [1.82, 2.24) is 20.1 Å². The molecule has 0 saturated heterocycles. The minimum atomic E-state index is -0.785. The van der Waals surface area contributed by atoms with Crippen molar-refractivity contribution in [3.05, 3.63) is 96.6 Å². The Morgan fingerprint density at radius 3 is 2.18 bits per heavy atom. The maximum absolute atomic E-state index is 13.9. The van der Waals surface area contributed by atoms with Crippen LogP contribution in [0.25, 0.3) is 11.4 Å². The summed E-state index contributed by atoms with van der Waals surface area (Å²) in [6.45, 7) is 0. The van der Waals surface area contributed by atoms with E-state index in [2.05, 4.69) is 15.5 Å². The molecule has 7 nitrogen and oxygen atoms in total. The molecular formula is C30H31N5O2S. The van der Waals surface area contributed by atoms with Gasteiger partial charge in [-0.1, -0.05) is 103 Å². The molecule has 1 N–H and O–H groups in total. The summed E-state index contributed by atoms with van der Waals surface area (Å²) in [4.78, 5) is 29.3. The third-order valence-electron chi connectivity index (χ3n) is 6.82. The third kappa shape index (κ3) is 5.81. The highest BCUT2D eigenvalue weighted by Crippen LogP contribution is 2.31. The average Bonchev–Trinajstić information content (AvgIpc) is 3.61. The van der Waals surface area contributed by atoms with Crippen molar-refractivity contribution in [3.63, 3.8) is 0 Å². The third-order valence-corrected chi connectivity index (χ3v) is 7.82. The summed E-state index contributed by atoms with van der Waals surface area (Å²) in [5.41, 5.74) is 2.41. The molecule has 1 aromatic heterocycles. The van der Waals surface area contributed by atoms with Crippen LogP contribution in [-0.4, -0.2) is 38.4 Å². The van der Waals surface area contributed by atoms with Gasteiger partial charge in [0, 0.05) is 24.3 Å². The molecule has 1 saturated carbocycles.